The summed E-state index contributed by atoms with van der Waals surface area (Å²) in [5.41, 5.74) is 1.74. The number of hydrogen-bond donors (Lipinski definition) is 1. The first-order valence-electron chi connectivity index (χ1n) is 7.15. The number of esters is 1. The van der Waals surface area contributed by atoms with Gasteiger partial charge in [0.2, 0.25) is 0 Å². The van der Waals surface area contributed by atoms with Crippen molar-refractivity contribution in [1.29, 1.82) is 0 Å². The van der Waals surface area contributed by atoms with Gasteiger partial charge in [0.25, 0.3) is 5.91 Å². The van der Waals surface area contributed by atoms with Gasteiger partial charge in [-0.2, -0.15) is 0 Å². The molecule has 7 heteroatoms. The van der Waals surface area contributed by atoms with Crippen LogP contribution in [0.2, 0.25) is 0 Å². The highest BCUT2D eigenvalue weighted by Crippen LogP contribution is 2.22. The fraction of sp³-hybridized carbons (Fsp3) is 0.118. The van der Waals surface area contributed by atoms with E-state index in [-0.39, 0.29) is 5.56 Å². The smallest absolute Gasteiger partial charge is 0.341 e. The Kier molecular flexibility index (Phi) is 4.61. The Morgan fingerprint density at radius 1 is 1.21 bits per heavy atom. The number of para-hydroxylation sites is 2. The summed E-state index contributed by atoms with van der Waals surface area (Å²) in [5, 5.41) is 2.70. The molecule has 0 aliphatic heterocycles. The number of nitrogens with zero attached hydrogens (tertiary/aromatic N) is 1. The molecule has 0 fully saturated rings. The van der Waals surface area contributed by atoms with Gasteiger partial charge in [-0.3, -0.25) is 4.79 Å². The van der Waals surface area contributed by atoms with Gasteiger partial charge in [0.1, 0.15) is 5.52 Å². The quantitative estimate of drug-likeness (QED) is 0.687. The average molecular weight is 389 g/mol. The second-order valence-electron chi connectivity index (χ2n) is 5.02. The zero-order chi connectivity index (χ0) is 17.1. The number of nitrogens with one attached hydrogen (secondary N) is 1. The van der Waals surface area contributed by atoms with Gasteiger partial charge in [0, 0.05) is 4.47 Å². The number of rotatable bonds is 4. The van der Waals surface area contributed by atoms with E-state index >= 15 is 0 Å². The van der Waals surface area contributed by atoms with Crippen LogP contribution in [0.15, 0.2) is 57.7 Å². The number of fused-ring (bicyclic) bond motifs is 1. The summed E-state index contributed by atoms with van der Waals surface area (Å²) in [7, 11) is 0. The molecule has 1 heterocycles. The summed E-state index contributed by atoms with van der Waals surface area (Å²) < 4.78 is 11.1. The second-order valence-corrected chi connectivity index (χ2v) is 5.88. The summed E-state index contributed by atoms with van der Waals surface area (Å²) >= 11 is 3.34. The molecular formula is C17H13BrN2O4. The highest BCUT2D eigenvalue weighted by molar-refractivity contribution is 9.10. The first kappa shape index (κ1) is 16.2. The van der Waals surface area contributed by atoms with Crippen LogP contribution in [0.25, 0.3) is 11.1 Å². The molecule has 3 aromatic rings. The molecule has 122 valence electrons. The molecule has 1 unspecified atom stereocenters. The standard InChI is InChI=1S/C17H13BrN2O4/c1-10(16(21)20-13-7-3-2-6-12(13)18)24-17(22)11-5-4-8-14-15(11)19-9-23-14/h2-10H,1H3,(H,20,21). The van der Waals surface area contributed by atoms with Crippen LogP contribution in [0.1, 0.15) is 17.3 Å². The van der Waals surface area contributed by atoms with E-state index in [2.05, 4.69) is 26.2 Å². The van der Waals surface area contributed by atoms with Crippen molar-refractivity contribution in [2.24, 2.45) is 0 Å². The van der Waals surface area contributed by atoms with E-state index in [0.29, 0.717) is 16.8 Å². The van der Waals surface area contributed by atoms with Crippen molar-refractivity contribution in [3.8, 4) is 0 Å². The van der Waals surface area contributed by atoms with Crippen LogP contribution in [0.5, 0.6) is 0 Å². The van der Waals surface area contributed by atoms with Crippen LogP contribution in [0, 0.1) is 0 Å². The SMILES string of the molecule is CC(OC(=O)c1cccc2ocnc12)C(=O)Nc1ccccc1Br. The third-order valence-electron chi connectivity index (χ3n) is 3.37. The maximum Gasteiger partial charge on any atom is 0.341 e. The number of benzene rings is 2. The zero-order valence-corrected chi connectivity index (χ0v) is 14.2. The van der Waals surface area contributed by atoms with Crippen molar-refractivity contribution < 1.29 is 18.7 Å². The molecule has 0 aliphatic rings. The van der Waals surface area contributed by atoms with Gasteiger partial charge in [-0.1, -0.05) is 18.2 Å². The van der Waals surface area contributed by atoms with E-state index in [4.69, 9.17) is 9.15 Å². The number of oxazole rings is 1. The lowest BCUT2D eigenvalue weighted by molar-refractivity contribution is -0.123. The average Bonchev–Trinajstić information content (AvgIpc) is 3.05. The lowest BCUT2D eigenvalue weighted by Gasteiger charge is -2.14. The Labute approximate surface area is 145 Å². The molecule has 1 aromatic heterocycles. The molecular weight excluding hydrogens is 376 g/mol. The monoisotopic (exact) mass is 388 g/mol. The van der Waals surface area contributed by atoms with Gasteiger partial charge < -0.3 is 14.5 Å². The largest absolute Gasteiger partial charge is 0.449 e. The van der Waals surface area contributed by atoms with Gasteiger partial charge in [0.05, 0.1) is 11.3 Å². The maximum atomic E-state index is 12.3. The summed E-state index contributed by atoms with van der Waals surface area (Å²) in [6.45, 7) is 1.51. The lowest BCUT2D eigenvalue weighted by Crippen LogP contribution is -2.30. The summed E-state index contributed by atoms with van der Waals surface area (Å²) in [4.78, 5) is 28.5. The van der Waals surface area contributed by atoms with Crippen LogP contribution in [-0.4, -0.2) is 23.0 Å². The number of amides is 1. The third kappa shape index (κ3) is 3.30. The molecule has 6 nitrogen and oxygen atoms in total. The van der Waals surface area contributed by atoms with E-state index in [9.17, 15) is 9.59 Å². The van der Waals surface area contributed by atoms with Crippen LogP contribution < -0.4 is 5.32 Å². The van der Waals surface area contributed by atoms with Crippen molar-refractivity contribution in [2.75, 3.05) is 5.32 Å². The Bertz CT molecular complexity index is 906. The van der Waals surface area contributed by atoms with Crippen LogP contribution >= 0.6 is 15.9 Å². The zero-order valence-electron chi connectivity index (χ0n) is 12.7. The van der Waals surface area contributed by atoms with Gasteiger partial charge >= 0.3 is 5.97 Å². The molecule has 0 bridgehead atoms. The predicted molar refractivity (Wildman–Crippen MR) is 91.7 cm³/mol. The van der Waals surface area contributed by atoms with E-state index in [1.165, 1.54) is 13.3 Å². The van der Waals surface area contributed by atoms with Crippen LogP contribution in [0.3, 0.4) is 0 Å². The number of aromatic nitrogens is 1. The fourth-order valence-electron chi connectivity index (χ4n) is 2.13. The summed E-state index contributed by atoms with van der Waals surface area (Å²) in [6, 6.07) is 12.1. The first-order valence-corrected chi connectivity index (χ1v) is 7.94. The van der Waals surface area contributed by atoms with Crippen molar-refractivity contribution in [1.82, 2.24) is 4.98 Å². The van der Waals surface area contributed by atoms with E-state index in [1.54, 1.807) is 36.4 Å². The minimum Gasteiger partial charge on any atom is -0.449 e. The van der Waals surface area contributed by atoms with Gasteiger partial charge in [-0.05, 0) is 47.1 Å². The van der Waals surface area contributed by atoms with E-state index < -0.39 is 18.0 Å². The normalized spacial score (nSPS) is 11.9. The number of ether oxygens (including phenoxy) is 1. The van der Waals surface area contributed by atoms with Gasteiger partial charge in [-0.15, -0.1) is 0 Å². The molecule has 1 N–H and O–H groups in total. The molecule has 24 heavy (non-hydrogen) atoms. The minimum absolute atomic E-state index is 0.252. The Morgan fingerprint density at radius 2 is 2.00 bits per heavy atom. The fourth-order valence-corrected chi connectivity index (χ4v) is 2.51. The highest BCUT2D eigenvalue weighted by Gasteiger charge is 2.21. The molecule has 1 atom stereocenters. The van der Waals surface area contributed by atoms with Crippen molar-refractivity contribution in [3.05, 3.63) is 58.9 Å². The van der Waals surface area contributed by atoms with Crippen LogP contribution in [0.4, 0.5) is 5.69 Å². The lowest BCUT2D eigenvalue weighted by atomic mass is 10.2. The number of carbonyl (C=O) groups is 2. The number of carbonyl (C=O) groups excluding carboxylic acids is 2. The number of hydrogen-bond acceptors (Lipinski definition) is 5. The second kappa shape index (κ2) is 6.84. The Hall–Kier alpha value is -2.67. The highest BCUT2D eigenvalue weighted by atomic mass is 79.9. The minimum atomic E-state index is -0.966. The third-order valence-corrected chi connectivity index (χ3v) is 4.06. The molecule has 2 aromatic carbocycles. The van der Waals surface area contributed by atoms with Crippen molar-refractivity contribution >= 4 is 44.6 Å². The Morgan fingerprint density at radius 3 is 2.79 bits per heavy atom. The number of anilines is 1. The van der Waals surface area contributed by atoms with Crippen molar-refractivity contribution in [3.63, 3.8) is 0 Å². The molecule has 0 saturated heterocycles. The molecule has 0 aliphatic carbocycles. The Balaban J connectivity index is 1.71. The van der Waals surface area contributed by atoms with E-state index in [1.807, 2.05) is 6.07 Å². The van der Waals surface area contributed by atoms with Gasteiger partial charge in [0.15, 0.2) is 18.1 Å². The topological polar surface area (TPSA) is 81.4 Å². The summed E-state index contributed by atoms with van der Waals surface area (Å²) in [6.07, 6.45) is 0.289. The van der Waals surface area contributed by atoms with Gasteiger partial charge in [-0.25, -0.2) is 9.78 Å². The first-order chi connectivity index (χ1) is 11.6. The molecule has 0 saturated carbocycles. The molecule has 3 rings (SSSR count). The number of halogens is 1. The van der Waals surface area contributed by atoms with E-state index in [0.717, 1.165) is 4.47 Å². The molecule has 0 spiro atoms. The van der Waals surface area contributed by atoms with Crippen molar-refractivity contribution in [2.45, 2.75) is 13.0 Å². The summed E-state index contributed by atoms with van der Waals surface area (Å²) in [5.74, 6) is -1.06. The maximum absolute atomic E-state index is 12.3. The molecule has 1 amide bonds. The van der Waals surface area contributed by atoms with Crippen LogP contribution in [-0.2, 0) is 9.53 Å². The predicted octanol–water partition coefficient (Wildman–Crippen LogP) is 3.77. The molecule has 0 radical (unpaired) electrons.